The highest BCUT2D eigenvalue weighted by Gasteiger charge is 2.16. The molecule has 1 heterocycles. The number of nitrogens with zero attached hydrogens (tertiary/aromatic N) is 2. The predicted molar refractivity (Wildman–Crippen MR) is 102 cm³/mol. The van der Waals surface area contributed by atoms with Gasteiger partial charge < -0.3 is 0 Å². The van der Waals surface area contributed by atoms with E-state index in [9.17, 15) is 14.0 Å². The Morgan fingerprint density at radius 2 is 1.56 bits per heavy atom. The number of para-hydroxylation sites is 3. The number of fused-ring (bicyclic) bond motifs is 1. The van der Waals surface area contributed by atoms with Gasteiger partial charge in [-0.2, -0.15) is 0 Å². The number of benzene rings is 3. The van der Waals surface area contributed by atoms with Crippen LogP contribution in [0.5, 0.6) is 0 Å². The first-order valence-corrected chi connectivity index (χ1v) is 8.48. The van der Waals surface area contributed by atoms with Gasteiger partial charge in [-0.3, -0.25) is 14.2 Å². The van der Waals surface area contributed by atoms with Gasteiger partial charge in [0.25, 0.3) is 5.56 Å². The van der Waals surface area contributed by atoms with Crippen molar-refractivity contribution in [2.45, 2.75) is 6.42 Å². The molecule has 0 fully saturated rings. The molecule has 27 heavy (non-hydrogen) atoms. The Hall–Kier alpha value is -3.60. The van der Waals surface area contributed by atoms with Gasteiger partial charge in [-0.15, -0.1) is 0 Å². The Balaban J connectivity index is 1.84. The Labute approximate surface area is 154 Å². The molecule has 0 radical (unpaired) electrons. The van der Waals surface area contributed by atoms with Crippen LogP contribution in [0.1, 0.15) is 16.1 Å². The van der Waals surface area contributed by atoms with Gasteiger partial charge in [-0.25, -0.2) is 9.37 Å². The van der Waals surface area contributed by atoms with E-state index >= 15 is 0 Å². The lowest BCUT2D eigenvalue weighted by Gasteiger charge is -2.12. The van der Waals surface area contributed by atoms with Crippen LogP contribution in [0.25, 0.3) is 16.7 Å². The summed E-state index contributed by atoms with van der Waals surface area (Å²) in [6.07, 6.45) is -0.151. The van der Waals surface area contributed by atoms with Crippen LogP contribution in [-0.2, 0) is 6.42 Å². The third-order valence-electron chi connectivity index (χ3n) is 4.34. The van der Waals surface area contributed by atoms with Crippen molar-refractivity contribution in [2.75, 3.05) is 0 Å². The van der Waals surface area contributed by atoms with Gasteiger partial charge >= 0.3 is 0 Å². The first-order valence-electron chi connectivity index (χ1n) is 8.48. The van der Waals surface area contributed by atoms with Crippen LogP contribution < -0.4 is 5.56 Å². The van der Waals surface area contributed by atoms with Crippen LogP contribution in [0.4, 0.5) is 4.39 Å². The van der Waals surface area contributed by atoms with E-state index in [4.69, 9.17) is 0 Å². The first kappa shape index (κ1) is 16.8. The Bertz CT molecular complexity index is 1180. The van der Waals surface area contributed by atoms with Gasteiger partial charge in [-0.05, 0) is 48.5 Å². The van der Waals surface area contributed by atoms with Crippen molar-refractivity contribution in [3.63, 3.8) is 0 Å². The Morgan fingerprint density at radius 1 is 0.889 bits per heavy atom. The maximum absolute atomic E-state index is 13.1. The highest BCUT2D eigenvalue weighted by atomic mass is 19.1. The monoisotopic (exact) mass is 358 g/mol. The highest BCUT2D eigenvalue weighted by Crippen LogP contribution is 2.16. The molecule has 4 nitrogen and oxygen atoms in total. The van der Waals surface area contributed by atoms with E-state index < -0.39 is 5.82 Å². The largest absolute Gasteiger partial charge is 0.294 e. The van der Waals surface area contributed by atoms with Crippen LogP contribution >= 0.6 is 0 Å². The van der Waals surface area contributed by atoms with Crippen molar-refractivity contribution in [2.24, 2.45) is 0 Å². The average molecular weight is 358 g/mol. The second-order valence-electron chi connectivity index (χ2n) is 6.13. The van der Waals surface area contributed by atoms with Crippen molar-refractivity contribution in [1.82, 2.24) is 9.55 Å². The van der Waals surface area contributed by atoms with Gasteiger partial charge in [-0.1, -0.05) is 30.3 Å². The van der Waals surface area contributed by atoms with E-state index in [-0.39, 0.29) is 23.5 Å². The highest BCUT2D eigenvalue weighted by molar-refractivity contribution is 5.97. The SMILES string of the molecule is O=C(Cc1nc2ccccc2n(-c2ccccc2)c1=O)c1ccc(F)cc1. The number of hydrogen-bond donors (Lipinski definition) is 0. The predicted octanol–water partition coefficient (Wildman–Crippen LogP) is 3.95. The van der Waals surface area contributed by atoms with E-state index in [1.807, 2.05) is 48.5 Å². The molecule has 0 N–H and O–H groups in total. The fourth-order valence-electron chi connectivity index (χ4n) is 3.02. The van der Waals surface area contributed by atoms with Crippen molar-refractivity contribution in [3.05, 3.63) is 106 Å². The van der Waals surface area contributed by atoms with Crippen LogP contribution in [0.2, 0.25) is 0 Å². The molecule has 5 heteroatoms. The van der Waals surface area contributed by atoms with Gasteiger partial charge in [0, 0.05) is 11.3 Å². The molecular formula is C22H15FN2O2. The summed E-state index contributed by atoms with van der Waals surface area (Å²) in [7, 11) is 0. The summed E-state index contributed by atoms with van der Waals surface area (Å²) in [5, 5.41) is 0. The van der Waals surface area contributed by atoms with Crippen LogP contribution in [0.3, 0.4) is 0 Å². The average Bonchev–Trinajstić information content (AvgIpc) is 2.70. The fourth-order valence-corrected chi connectivity index (χ4v) is 3.02. The third-order valence-corrected chi connectivity index (χ3v) is 4.34. The van der Waals surface area contributed by atoms with Crippen molar-refractivity contribution in [3.8, 4) is 5.69 Å². The lowest BCUT2D eigenvalue weighted by molar-refractivity contribution is 0.0991. The van der Waals surface area contributed by atoms with Gasteiger partial charge in [0.2, 0.25) is 0 Å². The van der Waals surface area contributed by atoms with E-state index in [1.54, 1.807) is 10.6 Å². The lowest BCUT2D eigenvalue weighted by atomic mass is 10.1. The molecule has 0 saturated heterocycles. The zero-order valence-corrected chi connectivity index (χ0v) is 14.3. The number of carbonyl (C=O) groups is 1. The second kappa shape index (κ2) is 6.96. The molecule has 132 valence electrons. The van der Waals surface area contributed by atoms with Crippen LogP contribution in [0, 0.1) is 5.82 Å². The van der Waals surface area contributed by atoms with Crippen LogP contribution in [-0.4, -0.2) is 15.3 Å². The minimum Gasteiger partial charge on any atom is -0.294 e. The van der Waals surface area contributed by atoms with Crippen molar-refractivity contribution < 1.29 is 9.18 Å². The first-order chi connectivity index (χ1) is 13.1. The molecule has 1 aromatic heterocycles. The zero-order valence-electron chi connectivity index (χ0n) is 14.3. The maximum atomic E-state index is 13.1. The van der Waals surface area contributed by atoms with E-state index in [0.29, 0.717) is 22.3 Å². The molecule has 0 saturated carbocycles. The van der Waals surface area contributed by atoms with Crippen molar-refractivity contribution in [1.29, 1.82) is 0 Å². The summed E-state index contributed by atoms with van der Waals surface area (Å²) >= 11 is 0. The number of aromatic nitrogens is 2. The lowest BCUT2D eigenvalue weighted by Crippen LogP contribution is -2.26. The summed E-state index contributed by atoms with van der Waals surface area (Å²) in [6.45, 7) is 0. The van der Waals surface area contributed by atoms with Gasteiger partial charge in [0.1, 0.15) is 11.5 Å². The minimum absolute atomic E-state index is 0.151. The number of ketones is 1. The Morgan fingerprint density at radius 3 is 2.30 bits per heavy atom. The zero-order chi connectivity index (χ0) is 18.8. The van der Waals surface area contributed by atoms with E-state index in [2.05, 4.69) is 4.98 Å². The number of halogens is 1. The van der Waals surface area contributed by atoms with Crippen molar-refractivity contribution >= 4 is 16.8 Å². The van der Waals surface area contributed by atoms with Gasteiger partial charge in [0.15, 0.2) is 5.78 Å². The standard InChI is InChI=1S/C22H15FN2O2/c23-16-12-10-15(11-13-16)21(26)14-19-22(27)25(17-6-2-1-3-7-17)20-9-5-4-8-18(20)24-19/h1-13H,14H2. The molecule has 3 aromatic carbocycles. The van der Waals surface area contributed by atoms with Crippen LogP contribution in [0.15, 0.2) is 83.7 Å². The molecule has 0 amide bonds. The Kier molecular flexibility index (Phi) is 4.34. The molecule has 0 aliphatic carbocycles. The molecule has 4 aromatic rings. The summed E-state index contributed by atoms with van der Waals surface area (Å²) in [6, 6.07) is 21.8. The minimum atomic E-state index is -0.415. The summed E-state index contributed by atoms with van der Waals surface area (Å²) in [5.74, 6) is -0.698. The third kappa shape index (κ3) is 3.27. The molecule has 0 spiro atoms. The number of Topliss-reactive ketones (excluding diaryl/α,β-unsaturated/α-hetero) is 1. The smallest absolute Gasteiger partial charge is 0.277 e. The fraction of sp³-hybridized carbons (Fsp3) is 0.0455. The molecule has 0 bridgehead atoms. The normalized spacial score (nSPS) is 10.9. The molecular weight excluding hydrogens is 343 g/mol. The summed E-state index contributed by atoms with van der Waals surface area (Å²) < 4.78 is 14.6. The van der Waals surface area contributed by atoms with E-state index in [0.717, 1.165) is 0 Å². The molecule has 0 aliphatic rings. The second-order valence-corrected chi connectivity index (χ2v) is 6.13. The topological polar surface area (TPSA) is 52.0 Å². The van der Waals surface area contributed by atoms with Gasteiger partial charge in [0.05, 0.1) is 17.5 Å². The quantitative estimate of drug-likeness (QED) is 0.519. The summed E-state index contributed by atoms with van der Waals surface area (Å²) in [5.41, 5.74) is 2.17. The number of hydrogen-bond acceptors (Lipinski definition) is 3. The summed E-state index contributed by atoms with van der Waals surface area (Å²) in [4.78, 5) is 30.1. The molecule has 0 atom stereocenters. The molecule has 0 aliphatic heterocycles. The molecule has 0 unspecified atom stereocenters. The van der Waals surface area contributed by atoms with E-state index in [1.165, 1.54) is 24.3 Å². The maximum Gasteiger partial charge on any atom is 0.277 e. The number of carbonyl (C=O) groups excluding carboxylic acids is 1. The number of rotatable bonds is 4. The molecule has 4 rings (SSSR count).